The fourth-order valence-electron chi connectivity index (χ4n) is 2.15. The van der Waals surface area contributed by atoms with Gasteiger partial charge in [0, 0.05) is 48.9 Å². The molecule has 26 heavy (non-hydrogen) atoms. The van der Waals surface area contributed by atoms with E-state index in [-0.39, 0.29) is 12.3 Å². The van der Waals surface area contributed by atoms with E-state index >= 15 is 0 Å². The van der Waals surface area contributed by atoms with Crippen LogP contribution in [0.5, 0.6) is 0 Å². The summed E-state index contributed by atoms with van der Waals surface area (Å²) in [7, 11) is 0. The Labute approximate surface area is 155 Å². The van der Waals surface area contributed by atoms with Gasteiger partial charge in [-0.1, -0.05) is 16.8 Å². The monoisotopic (exact) mass is 372 g/mol. The van der Waals surface area contributed by atoms with Crippen LogP contribution in [-0.2, 0) is 11.2 Å². The summed E-state index contributed by atoms with van der Waals surface area (Å²) in [6.07, 6.45) is 3.94. The summed E-state index contributed by atoms with van der Waals surface area (Å²) in [6.45, 7) is 1.01. The van der Waals surface area contributed by atoms with Gasteiger partial charge in [0.05, 0.1) is 0 Å². The summed E-state index contributed by atoms with van der Waals surface area (Å²) in [5, 5.41) is 10.4. The summed E-state index contributed by atoms with van der Waals surface area (Å²) in [5.41, 5.74) is 0.808. The standard InChI is InChI=1S/C17H17ClN6O2/c18-13-4-2-12(3-5-13)16-23-15(26-24-16)7-6-14(25)19-10-11-22-17-20-8-1-9-21-17/h1-5,8-9H,6-7,10-11H2,(H,19,25)(H,20,21,22). The van der Waals surface area contributed by atoms with Crippen LogP contribution in [0.25, 0.3) is 11.4 Å². The molecule has 1 amide bonds. The van der Waals surface area contributed by atoms with E-state index in [0.717, 1.165) is 5.56 Å². The molecular weight excluding hydrogens is 356 g/mol. The van der Waals surface area contributed by atoms with Gasteiger partial charge in [-0.25, -0.2) is 9.97 Å². The van der Waals surface area contributed by atoms with Gasteiger partial charge in [0.15, 0.2) is 0 Å². The molecule has 3 rings (SSSR count). The molecule has 0 aliphatic carbocycles. The minimum Gasteiger partial charge on any atom is -0.354 e. The first-order chi connectivity index (χ1) is 12.7. The largest absolute Gasteiger partial charge is 0.354 e. The van der Waals surface area contributed by atoms with Crippen LogP contribution >= 0.6 is 11.6 Å². The molecule has 1 aromatic carbocycles. The normalized spacial score (nSPS) is 10.5. The molecule has 0 bridgehead atoms. The number of halogens is 1. The van der Waals surface area contributed by atoms with Crippen molar-refractivity contribution in [2.45, 2.75) is 12.8 Å². The van der Waals surface area contributed by atoms with E-state index in [9.17, 15) is 4.79 Å². The Morgan fingerprint density at radius 3 is 2.65 bits per heavy atom. The van der Waals surface area contributed by atoms with Gasteiger partial charge in [-0.05, 0) is 30.3 Å². The third-order valence-corrected chi connectivity index (χ3v) is 3.68. The molecule has 0 aliphatic rings. The maximum absolute atomic E-state index is 11.9. The number of nitrogens with one attached hydrogen (secondary N) is 2. The first-order valence-corrected chi connectivity index (χ1v) is 8.44. The van der Waals surface area contributed by atoms with Crippen LogP contribution in [0, 0.1) is 0 Å². The number of carbonyl (C=O) groups excluding carboxylic acids is 1. The highest BCUT2D eigenvalue weighted by atomic mass is 35.5. The van der Waals surface area contributed by atoms with Crippen molar-refractivity contribution in [2.24, 2.45) is 0 Å². The van der Waals surface area contributed by atoms with E-state index in [1.54, 1.807) is 30.6 Å². The van der Waals surface area contributed by atoms with E-state index in [0.29, 0.717) is 42.2 Å². The predicted octanol–water partition coefficient (Wildman–Crippen LogP) is 2.34. The molecule has 2 N–H and O–H groups in total. The number of aryl methyl sites for hydroxylation is 1. The van der Waals surface area contributed by atoms with E-state index in [1.807, 2.05) is 12.1 Å². The summed E-state index contributed by atoms with van der Waals surface area (Å²) in [4.78, 5) is 24.2. The third kappa shape index (κ3) is 5.25. The van der Waals surface area contributed by atoms with Crippen molar-refractivity contribution in [3.63, 3.8) is 0 Å². The van der Waals surface area contributed by atoms with E-state index in [1.165, 1.54) is 0 Å². The second-order valence-corrected chi connectivity index (χ2v) is 5.80. The summed E-state index contributed by atoms with van der Waals surface area (Å²) < 4.78 is 5.18. The molecule has 0 unspecified atom stereocenters. The Morgan fingerprint density at radius 2 is 1.88 bits per heavy atom. The van der Waals surface area contributed by atoms with Gasteiger partial charge in [0.25, 0.3) is 0 Å². The Hall–Kier alpha value is -3.00. The maximum Gasteiger partial charge on any atom is 0.227 e. The van der Waals surface area contributed by atoms with Crippen molar-refractivity contribution in [3.8, 4) is 11.4 Å². The number of carbonyl (C=O) groups is 1. The van der Waals surface area contributed by atoms with Crippen molar-refractivity contribution < 1.29 is 9.32 Å². The average molecular weight is 373 g/mol. The van der Waals surface area contributed by atoms with Crippen LogP contribution < -0.4 is 10.6 Å². The molecule has 2 heterocycles. The zero-order chi connectivity index (χ0) is 18.2. The zero-order valence-electron chi connectivity index (χ0n) is 13.9. The fourth-order valence-corrected chi connectivity index (χ4v) is 2.27. The maximum atomic E-state index is 11.9. The number of aromatic nitrogens is 4. The topological polar surface area (TPSA) is 106 Å². The first kappa shape index (κ1) is 17.8. The Morgan fingerprint density at radius 1 is 1.12 bits per heavy atom. The third-order valence-electron chi connectivity index (χ3n) is 3.43. The molecular formula is C17H17ClN6O2. The van der Waals surface area contributed by atoms with Crippen LogP contribution in [0.2, 0.25) is 5.02 Å². The van der Waals surface area contributed by atoms with Crippen LogP contribution in [0.4, 0.5) is 5.95 Å². The number of hydrogen-bond donors (Lipinski definition) is 2. The number of rotatable bonds is 8. The van der Waals surface area contributed by atoms with Crippen molar-refractivity contribution >= 4 is 23.5 Å². The molecule has 3 aromatic rings. The molecule has 0 fully saturated rings. The second kappa shape index (κ2) is 8.91. The van der Waals surface area contributed by atoms with Crippen molar-refractivity contribution in [1.29, 1.82) is 0 Å². The van der Waals surface area contributed by atoms with Crippen LogP contribution in [0.1, 0.15) is 12.3 Å². The number of benzene rings is 1. The van der Waals surface area contributed by atoms with Gasteiger partial charge in [-0.3, -0.25) is 4.79 Å². The van der Waals surface area contributed by atoms with Crippen molar-refractivity contribution in [1.82, 2.24) is 25.4 Å². The molecule has 8 nitrogen and oxygen atoms in total. The van der Waals surface area contributed by atoms with Crippen LogP contribution in [0.3, 0.4) is 0 Å². The quantitative estimate of drug-likeness (QED) is 0.584. The van der Waals surface area contributed by atoms with Gasteiger partial charge >= 0.3 is 0 Å². The van der Waals surface area contributed by atoms with Gasteiger partial charge in [-0.15, -0.1) is 0 Å². The lowest BCUT2D eigenvalue weighted by atomic mass is 10.2. The molecule has 0 saturated heterocycles. The fraction of sp³-hybridized carbons (Fsp3) is 0.235. The highest BCUT2D eigenvalue weighted by Crippen LogP contribution is 2.18. The molecule has 0 saturated carbocycles. The van der Waals surface area contributed by atoms with Crippen LogP contribution in [-0.4, -0.2) is 39.1 Å². The number of hydrogen-bond acceptors (Lipinski definition) is 7. The lowest BCUT2D eigenvalue weighted by Gasteiger charge is -2.05. The lowest BCUT2D eigenvalue weighted by Crippen LogP contribution is -2.29. The van der Waals surface area contributed by atoms with E-state index in [2.05, 4.69) is 30.7 Å². The minimum absolute atomic E-state index is 0.0907. The van der Waals surface area contributed by atoms with E-state index < -0.39 is 0 Å². The molecule has 0 atom stereocenters. The Kier molecular flexibility index (Phi) is 6.10. The van der Waals surface area contributed by atoms with Gasteiger partial charge < -0.3 is 15.2 Å². The highest BCUT2D eigenvalue weighted by Gasteiger charge is 2.10. The molecule has 9 heteroatoms. The second-order valence-electron chi connectivity index (χ2n) is 5.37. The summed E-state index contributed by atoms with van der Waals surface area (Å²) in [5.74, 6) is 1.33. The predicted molar refractivity (Wildman–Crippen MR) is 96.6 cm³/mol. The molecule has 0 radical (unpaired) electrons. The smallest absolute Gasteiger partial charge is 0.227 e. The minimum atomic E-state index is -0.0907. The van der Waals surface area contributed by atoms with Crippen molar-refractivity contribution in [2.75, 3.05) is 18.4 Å². The molecule has 134 valence electrons. The summed E-state index contributed by atoms with van der Waals surface area (Å²) in [6, 6.07) is 8.88. The van der Waals surface area contributed by atoms with Gasteiger partial charge in [0.2, 0.25) is 23.6 Å². The molecule has 0 spiro atoms. The van der Waals surface area contributed by atoms with Crippen molar-refractivity contribution in [3.05, 3.63) is 53.6 Å². The summed E-state index contributed by atoms with van der Waals surface area (Å²) >= 11 is 5.86. The zero-order valence-corrected chi connectivity index (χ0v) is 14.6. The van der Waals surface area contributed by atoms with Gasteiger partial charge in [-0.2, -0.15) is 4.98 Å². The SMILES string of the molecule is O=C(CCc1nc(-c2ccc(Cl)cc2)no1)NCCNc1ncccn1. The number of anilines is 1. The Balaban J connectivity index is 1.38. The van der Waals surface area contributed by atoms with E-state index in [4.69, 9.17) is 16.1 Å². The number of amides is 1. The van der Waals surface area contributed by atoms with Gasteiger partial charge in [0.1, 0.15) is 0 Å². The molecule has 0 aliphatic heterocycles. The van der Waals surface area contributed by atoms with Crippen LogP contribution in [0.15, 0.2) is 47.2 Å². The highest BCUT2D eigenvalue weighted by molar-refractivity contribution is 6.30. The lowest BCUT2D eigenvalue weighted by molar-refractivity contribution is -0.121. The first-order valence-electron chi connectivity index (χ1n) is 8.07. The Bertz CT molecular complexity index is 838. The average Bonchev–Trinajstić information content (AvgIpc) is 3.14. The number of nitrogens with zero attached hydrogens (tertiary/aromatic N) is 4. The molecule has 2 aromatic heterocycles.